The minimum Gasteiger partial charge on any atom is -0.491 e. The van der Waals surface area contributed by atoms with Crippen LogP contribution in [0.2, 0.25) is 0 Å². The van der Waals surface area contributed by atoms with Crippen LogP contribution in [0.15, 0.2) is 48.5 Å². The molecule has 2 N–H and O–H groups in total. The fraction of sp³-hybridized carbons (Fsp3) is 0.333. The maximum atomic E-state index is 12.4. The molecule has 1 atom stereocenters. The molecule has 0 aliphatic carbocycles. The first kappa shape index (κ1) is 18.9. The van der Waals surface area contributed by atoms with Gasteiger partial charge in [0.25, 0.3) is 5.91 Å². The summed E-state index contributed by atoms with van der Waals surface area (Å²) in [4.78, 5) is 23.7. The van der Waals surface area contributed by atoms with Crippen LogP contribution >= 0.6 is 0 Å². The average Bonchev–Trinajstić information content (AvgIpc) is 3.22. The Hall–Kier alpha value is -2.86. The van der Waals surface area contributed by atoms with Crippen molar-refractivity contribution >= 4 is 23.2 Å². The van der Waals surface area contributed by atoms with E-state index in [2.05, 4.69) is 10.6 Å². The molecule has 1 saturated heterocycles. The number of amides is 2. The minimum atomic E-state index is -0.203. The van der Waals surface area contributed by atoms with E-state index < -0.39 is 0 Å². The van der Waals surface area contributed by atoms with Crippen molar-refractivity contribution in [2.75, 3.05) is 23.8 Å². The maximum Gasteiger partial charge on any atom is 0.255 e. The van der Waals surface area contributed by atoms with Crippen molar-refractivity contribution in [2.24, 2.45) is 0 Å². The zero-order chi connectivity index (χ0) is 19.1. The number of nitrogens with one attached hydrogen (secondary N) is 2. The molecule has 1 aliphatic rings. The number of carbonyl (C=O) groups excluding carboxylic acids is 2. The van der Waals surface area contributed by atoms with E-state index in [4.69, 9.17) is 9.47 Å². The van der Waals surface area contributed by atoms with Crippen LogP contribution in [0.5, 0.6) is 5.75 Å². The number of anilines is 2. The Kier molecular flexibility index (Phi) is 6.44. The summed E-state index contributed by atoms with van der Waals surface area (Å²) in [6.07, 6.45) is 2.70. The molecule has 0 aromatic heterocycles. The number of hydrogen-bond donors (Lipinski definition) is 2. The first-order valence-corrected chi connectivity index (χ1v) is 9.20. The van der Waals surface area contributed by atoms with Crippen LogP contribution < -0.4 is 15.4 Å². The largest absolute Gasteiger partial charge is 0.491 e. The minimum absolute atomic E-state index is 0.0476. The highest BCUT2D eigenvalue weighted by Crippen LogP contribution is 2.18. The number of ether oxygens (including phenoxy) is 2. The molecule has 0 radical (unpaired) electrons. The molecule has 2 aromatic rings. The van der Waals surface area contributed by atoms with Gasteiger partial charge in [-0.1, -0.05) is 6.92 Å². The summed E-state index contributed by atoms with van der Waals surface area (Å²) in [5.41, 5.74) is 1.91. The second kappa shape index (κ2) is 9.19. The standard InChI is InChI=1S/C21H24N2O4/c1-2-20(24)22-16-7-9-17(10-8-16)23-21(25)15-5-11-18(12-6-15)27-14-19-4-3-13-26-19/h5-12,19H,2-4,13-14H2,1H3,(H,22,24)(H,23,25)/t19-/m1/s1. The highest BCUT2D eigenvalue weighted by molar-refractivity contribution is 6.04. The van der Waals surface area contributed by atoms with Crippen LogP contribution in [0.3, 0.4) is 0 Å². The number of rotatable bonds is 7. The highest BCUT2D eigenvalue weighted by Gasteiger charge is 2.16. The van der Waals surface area contributed by atoms with Gasteiger partial charge in [-0.15, -0.1) is 0 Å². The van der Waals surface area contributed by atoms with Gasteiger partial charge in [0, 0.05) is 30.0 Å². The molecule has 3 rings (SSSR count). The molecule has 0 spiro atoms. The molecule has 0 bridgehead atoms. The lowest BCUT2D eigenvalue weighted by atomic mass is 10.2. The Balaban J connectivity index is 1.52. The normalized spacial score (nSPS) is 16.0. The Bertz CT molecular complexity index is 766. The summed E-state index contributed by atoms with van der Waals surface area (Å²) in [6, 6.07) is 14.0. The highest BCUT2D eigenvalue weighted by atomic mass is 16.5. The molecule has 27 heavy (non-hydrogen) atoms. The monoisotopic (exact) mass is 368 g/mol. The molecule has 0 saturated carbocycles. The van der Waals surface area contributed by atoms with Gasteiger partial charge in [-0.25, -0.2) is 0 Å². The Labute approximate surface area is 158 Å². The lowest BCUT2D eigenvalue weighted by molar-refractivity contribution is -0.115. The lowest BCUT2D eigenvalue weighted by Crippen LogP contribution is -2.16. The van der Waals surface area contributed by atoms with Gasteiger partial charge in [0.1, 0.15) is 12.4 Å². The van der Waals surface area contributed by atoms with Gasteiger partial charge in [0.05, 0.1) is 6.10 Å². The lowest BCUT2D eigenvalue weighted by Gasteiger charge is -2.12. The van der Waals surface area contributed by atoms with Crippen molar-refractivity contribution in [2.45, 2.75) is 32.3 Å². The average molecular weight is 368 g/mol. The summed E-state index contributed by atoms with van der Waals surface area (Å²) < 4.78 is 11.2. The third-order valence-electron chi connectivity index (χ3n) is 4.32. The van der Waals surface area contributed by atoms with Gasteiger partial charge < -0.3 is 20.1 Å². The SMILES string of the molecule is CCC(=O)Nc1ccc(NC(=O)c2ccc(OC[C@H]3CCCO3)cc2)cc1. The molecule has 2 amide bonds. The van der Waals surface area contributed by atoms with Gasteiger partial charge in [0.15, 0.2) is 0 Å². The molecule has 142 valence electrons. The number of hydrogen-bond acceptors (Lipinski definition) is 4. The van der Waals surface area contributed by atoms with E-state index >= 15 is 0 Å². The van der Waals surface area contributed by atoms with Crippen LogP contribution in [-0.2, 0) is 9.53 Å². The van der Waals surface area contributed by atoms with Gasteiger partial charge in [-0.2, -0.15) is 0 Å². The van der Waals surface area contributed by atoms with E-state index in [1.807, 2.05) is 0 Å². The first-order chi connectivity index (χ1) is 13.1. The van der Waals surface area contributed by atoms with E-state index in [-0.39, 0.29) is 17.9 Å². The van der Waals surface area contributed by atoms with Crippen LogP contribution in [0.25, 0.3) is 0 Å². The summed E-state index contributed by atoms with van der Waals surface area (Å²) >= 11 is 0. The Morgan fingerprint density at radius 3 is 2.30 bits per heavy atom. The predicted molar refractivity (Wildman–Crippen MR) is 104 cm³/mol. The van der Waals surface area contributed by atoms with E-state index in [0.717, 1.165) is 25.2 Å². The van der Waals surface area contributed by atoms with E-state index in [9.17, 15) is 9.59 Å². The van der Waals surface area contributed by atoms with Crippen molar-refractivity contribution in [3.05, 3.63) is 54.1 Å². The van der Waals surface area contributed by atoms with E-state index in [0.29, 0.717) is 30.0 Å². The van der Waals surface area contributed by atoms with Crippen LogP contribution in [0, 0.1) is 0 Å². The van der Waals surface area contributed by atoms with Gasteiger partial charge >= 0.3 is 0 Å². The second-order valence-electron chi connectivity index (χ2n) is 6.40. The molecule has 1 aliphatic heterocycles. The van der Waals surface area contributed by atoms with Gasteiger partial charge in [-0.3, -0.25) is 9.59 Å². The third-order valence-corrected chi connectivity index (χ3v) is 4.32. The first-order valence-electron chi connectivity index (χ1n) is 9.20. The smallest absolute Gasteiger partial charge is 0.255 e. The Morgan fingerprint density at radius 1 is 1.04 bits per heavy atom. The van der Waals surface area contributed by atoms with Crippen molar-refractivity contribution in [3.63, 3.8) is 0 Å². The second-order valence-corrected chi connectivity index (χ2v) is 6.40. The molecule has 6 heteroatoms. The maximum absolute atomic E-state index is 12.4. The fourth-order valence-corrected chi connectivity index (χ4v) is 2.76. The zero-order valence-corrected chi connectivity index (χ0v) is 15.4. The van der Waals surface area contributed by atoms with Gasteiger partial charge in [0.2, 0.25) is 5.91 Å². The van der Waals surface area contributed by atoms with Crippen molar-refractivity contribution in [1.29, 1.82) is 0 Å². The topological polar surface area (TPSA) is 76.7 Å². The Morgan fingerprint density at radius 2 is 1.70 bits per heavy atom. The summed E-state index contributed by atoms with van der Waals surface area (Å²) in [5.74, 6) is 0.470. The van der Waals surface area contributed by atoms with E-state index in [1.165, 1.54) is 0 Å². The van der Waals surface area contributed by atoms with Gasteiger partial charge in [-0.05, 0) is 61.4 Å². The summed E-state index contributed by atoms with van der Waals surface area (Å²) in [5, 5.41) is 5.60. The number of carbonyl (C=O) groups is 2. The van der Waals surface area contributed by atoms with Crippen molar-refractivity contribution < 1.29 is 19.1 Å². The molecule has 0 unspecified atom stereocenters. The quantitative estimate of drug-likeness (QED) is 0.778. The summed E-state index contributed by atoms with van der Waals surface area (Å²) in [7, 11) is 0. The summed E-state index contributed by atoms with van der Waals surface area (Å²) in [6.45, 7) is 3.13. The molecular formula is C21H24N2O4. The molecular weight excluding hydrogens is 344 g/mol. The fourth-order valence-electron chi connectivity index (χ4n) is 2.76. The third kappa shape index (κ3) is 5.56. The molecule has 1 fully saturated rings. The van der Waals surface area contributed by atoms with Crippen molar-refractivity contribution in [1.82, 2.24) is 0 Å². The number of benzene rings is 2. The molecule has 6 nitrogen and oxygen atoms in total. The predicted octanol–water partition coefficient (Wildman–Crippen LogP) is 3.85. The molecule has 2 aromatic carbocycles. The zero-order valence-electron chi connectivity index (χ0n) is 15.4. The van der Waals surface area contributed by atoms with Crippen LogP contribution in [-0.4, -0.2) is 31.1 Å². The van der Waals surface area contributed by atoms with Crippen LogP contribution in [0.4, 0.5) is 11.4 Å². The van der Waals surface area contributed by atoms with Crippen molar-refractivity contribution in [3.8, 4) is 5.75 Å². The molecule has 1 heterocycles. The van der Waals surface area contributed by atoms with E-state index in [1.54, 1.807) is 55.5 Å². The van der Waals surface area contributed by atoms with Crippen LogP contribution in [0.1, 0.15) is 36.5 Å².